The van der Waals surface area contributed by atoms with Crippen molar-refractivity contribution < 1.29 is 19.1 Å². The van der Waals surface area contributed by atoms with Crippen LogP contribution in [0.15, 0.2) is 67.0 Å². The Morgan fingerprint density at radius 2 is 1.91 bits per heavy atom. The molecule has 2 atom stereocenters. The summed E-state index contributed by atoms with van der Waals surface area (Å²) in [6.45, 7) is 2.03. The molecule has 170 valence electrons. The normalized spacial score (nSPS) is 17.5. The molecule has 1 aliphatic heterocycles. The van der Waals surface area contributed by atoms with Gasteiger partial charge in [0.1, 0.15) is 6.54 Å². The maximum absolute atomic E-state index is 12.4. The van der Waals surface area contributed by atoms with Gasteiger partial charge in [0.05, 0.1) is 42.7 Å². The summed E-state index contributed by atoms with van der Waals surface area (Å²) in [7, 11) is 1.35. The molecule has 1 saturated heterocycles. The largest absolute Gasteiger partial charge is 0.465 e. The molecular weight excluding hydrogens is 440 g/mol. The van der Waals surface area contributed by atoms with Crippen LogP contribution in [0.5, 0.6) is 0 Å². The van der Waals surface area contributed by atoms with Gasteiger partial charge in [0, 0.05) is 18.1 Å². The zero-order chi connectivity index (χ0) is 23.4. The number of pyridine rings is 1. The first-order valence-corrected chi connectivity index (χ1v) is 10.9. The fourth-order valence-electron chi connectivity index (χ4n) is 4.06. The minimum atomic E-state index is -0.435. The molecule has 0 unspecified atom stereocenters. The number of carbonyl (C=O) groups excluding carboxylic acids is 2. The Morgan fingerprint density at radius 1 is 1.12 bits per heavy atom. The molecule has 2 aromatic heterocycles. The molecule has 1 aromatic carbocycles. The van der Waals surface area contributed by atoms with E-state index in [1.54, 1.807) is 30.2 Å². The quantitative estimate of drug-likeness (QED) is 0.422. The van der Waals surface area contributed by atoms with Crippen LogP contribution in [0.4, 0.5) is 0 Å². The van der Waals surface area contributed by atoms with Crippen molar-refractivity contribution >= 4 is 29.3 Å². The molecule has 0 saturated carbocycles. The van der Waals surface area contributed by atoms with E-state index in [2.05, 4.69) is 10.3 Å². The highest BCUT2D eigenvalue weighted by molar-refractivity contribution is 7.80. The van der Waals surface area contributed by atoms with Crippen LogP contribution in [0.2, 0.25) is 0 Å². The predicted molar refractivity (Wildman–Crippen MR) is 126 cm³/mol. The number of hydrogen-bond donors (Lipinski definition) is 1. The number of thiocarbonyl (C=S) groups is 1. The van der Waals surface area contributed by atoms with Gasteiger partial charge in [-0.2, -0.15) is 0 Å². The average molecular weight is 465 g/mol. The number of para-hydroxylation sites is 1. The van der Waals surface area contributed by atoms with Crippen molar-refractivity contribution in [3.05, 3.63) is 83.9 Å². The first kappa shape index (κ1) is 22.5. The number of methoxy groups -OCH3 is 1. The van der Waals surface area contributed by atoms with Crippen molar-refractivity contribution in [1.82, 2.24) is 19.8 Å². The molecule has 0 radical (unpaired) electrons. The van der Waals surface area contributed by atoms with Crippen LogP contribution >= 0.6 is 12.2 Å². The van der Waals surface area contributed by atoms with Crippen molar-refractivity contribution in [2.45, 2.75) is 19.0 Å². The standard InChI is InChI=1S/C24H24N4O4S/c1-3-32-20(29)15-28-22(21(26-24(28)33)17-10-6-7-13-25-17)19-12-8-14-27(19)18-11-5-4-9-16(18)23(30)31-2/h4-14,21-22H,3,15H2,1-2H3,(H,26,33)/t21-,22+/m0/s1. The zero-order valence-corrected chi connectivity index (χ0v) is 19.1. The summed E-state index contributed by atoms with van der Waals surface area (Å²) in [5.74, 6) is -0.809. The molecule has 33 heavy (non-hydrogen) atoms. The number of carbonyl (C=O) groups is 2. The van der Waals surface area contributed by atoms with E-state index >= 15 is 0 Å². The van der Waals surface area contributed by atoms with Gasteiger partial charge in [-0.3, -0.25) is 9.78 Å². The van der Waals surface area contributed by atoms with Crippen molar-refractivity contribution in [2.24, 2.45) is 0 Å². The molecule has 0 aliphatic carbocycles. The molecule has 1 N–H and O–H groups in total. The van der Waals surface area contributed by atoms with Crippen LogP contribution in [-0.4, -0.2) is 51.8 Å². The maximum atomic E-state index is 12.4. The van der Waals surface area contributed by atoms with Gasteiger partial charge in [-0.05, 0) is 55.5 Å². The number of nitrogens with one attached hydrogen (secondary N) is 1. The molecule has 3 aromatic rings. The Kier molecular flexibility index (Phi) is 6.69. The molecule has 0 spiro atoms. The van der Waals surface area contributed by atoms with E-state index in [0.29, 0.717) is 16.4 Å². The van der Waals surface area contributed by atoms with Crippen LogP contribution in [0.25, 0.3) is 5.69 Å². The predicted octanol–water partition coefficient (Wildman–Crippen LogP) is 3.19. The maximum Gasteiger partial charge on any atom is 0.339 e. The van der Waals surface area contributed by atoms with E-state index in [4.69, 9.17) is 21.7 Å². The number of aromatic nitrogens is 2. The van der Waals surface area contributed by atoms with Crippen molar-refractivity contribution in [1.29, 1.82) is 0 Å². The fourth-order valence-corrected chi connectivity index (χ4v) is 4.37. The van der Waals surface area contributed by atoms with Gasteiger partial charge in [-0.1, -0.05) is 18.2 Å². The summed E-state index contributed by atoms with van der Waals surface area (Å²) < 4.78 is 12.1. The SMILES string of the molecule is CCOC(=O)CN1C(=S)N[C@@H](c2ccccn2)[C@H]1c1cccn1-c1ccccc1C(=O)OC. The molecule has 9 heteroatoms. The van der Waals surface area contributed by atoms with E-state index in [0.717, 1.165) is 11.4 Å². The van der Waals surface area contributed by atoms with E-state index in [9.17, 15) is 9.59 Å². The summed E-state index contributed by atoms with van der Waals surface area (Å²) >= 11 is 5.61. The van der Waals surface area contributed by atoms with Crippen molar-refractivity contribution in [2.75, 3.05) is 20.3 Å². The Bertz CT molecular complexity index is 1160. The van der Waals surface area contributed by atoms with Crippen molar-refractivity contribution in [3.63, 3.8) is 0 Å². The number of ether oxygens (including phenoxy) is 2. The topological polar surface area (TPSA) is 85.7 Å². The van der Waals surface area contributed by atoms with Crippen LogP contribution in [-0.2, 0) is 14.3 Å². The highest BCUT2D eigenvalue weighted by Crippen LogP contribution is 2.39. The highest BCUT2D eigenvalue weighted by Gasteiger charge is 2.42. The van der Waals surface area contributed by atoms with Crippen LogP contribution in [0, 0.1) is 0 Å². The number of benzene rings is 1. The number of nitrogens with zero attached hydrogens (tertiary/aromatic N) is 3. The number of rotatable bonds is 7. The minimum absolute atomic E-state index is 0.0164. The van der Waals surface area contributed by atoms with Gasteiger partial charge in [-0.15, -0.1) is 0 Å². The fraction of sp³-hybridized carbons (Fsp3) is 0.250. The lowest BCUT2D eigenvalue weighted by atomic mass is 10.0. The molecule has 8 nitrogen and oxygen atoms in total. The van der Waals surface area contributed by atoms with E-state index in [-0.39, 0.29) is 31.2 Å². The highest BCUT2D eigenvalue weighted by atomic mass is 32.1. The molecule has 0 bridgehead atoms. The van der Waals surface area contributed by atoms with E-state index in [1.165, 1.54) is 7.11 Å². The van der Waals surface area contributed by atoms with Gasteiger partial charge < -0.3 is 24.3 Å². The Hall–Kier alpha value is -3.72. The van der Waals surface area contributed by atoms with Gasteiger partial charge >= 0.3 is 11.9 Å². The van der Waals surface area contributed by atoms with E-state index < -0.39 is 5.97 Å². The average Bonchev–Trinajstić information content (AvgIpc) is 3.44. The smallest absolute Gasteiger partial charge is 0.339 e. The summed E-state index contributed by atoms with van der Waals surface area (Å²) in [4.78, 5) is 31.2. The Labute approximate surface area is 197 Å². The molecule has 1 fully saturated rings. The van der Waals surface area contributed by atoms with Crippen molar-refractivity contribution in [3.8, 4) is 5.69 Å². The second kappa shape index (κ2) is 9.83. The van der Waals surface area contributed by atoms with Gasteiger partial charge in [0.2, 0.25) is 0 Å². The molecular formula is C24H24N4O4S. The second-order valence-electron chi connectivity index (χ2n) is 7.37. The molecule has 3 heterocycles. The first-order chi connectivity index (χ1) is 16.0. The van der Waals surface area contributed by atoms with E-state index in [1.807, 2.05) is 53.2 Å². The number of hydrogen-bond acceptors (Lipinski definition) is 6. The molecule has 0 amide bonds. The number of esters is 2. The summed E-state index contributed by atoms with van der Waals surface area (Å²) in [6.07, 6.45) is 3.59. The summed E-state index contributed by atoms with van der Waals surface area (Å²) in [6, 6.07) is 16.0. The van der Waals surface area contributed by atoms with Gasteiger partial charge in [0.25, 0.3) is 0 Å². The monoisotopic (exact) mass is 464 g/mol. The third kappa shape index (κ3) is 4.45. The lowest BCUT2D eigenvalue weighted by Crippen LogP contribution is -2.36. The summed E-state index contributed by atoms with van der Waals surface area (Å²) in [5, 5.41) is 3.74. The third-order valence-corrected chi connectivity index (χ3v) is 5.81. The molecule has 4 rings (SSSR count). The van der Waals surface area contributed by atoms with Crippen LogP contribution in [0.3, 0.4) is 0 Å². The summed E-state index contributed by atoms with van der Waals surface area (Å²) in [5.41, 5.74) is 2.71. The third-order valence-electron chi connectivity index (χ3n) is 5.45. The lowest BCUT2D eigenvalue weighted by Gasteiger charge is -2.28. The first-order valence-electron chi connectivity index (χ1n) is 10.5. The van der Waals surface area contributed by atoms with Crippen LogP contribution in [0.1, 0.15) is 40.8 Å². The van der Waals surface area contributed by atoms with Crippen LogP contribution < -0.4 is 5.32 Å². The minimum Gasteiger partial charge on any atom is -0.465 e. The Morgan fingerprint density at radius 3 is 2.64 bits per heavy atom. The van der Waals surface area contributed by atoms with Gasteiger partial charge in [0.15, 0.2) is 5.11 Å². The second-order valence-corrected chi connectivity index (χ2v) is 7.76. The lowest BCUT2D eigenvalue weighted by molar-refractivity contribution is -0.143. The Balaban J connectivity index is 1.82. The molecule has 1 aliphatic rings. The zero-order valence-electron chi connectivity index (χ0n) is 18.3. The van der Waals surface area contributed by atoms with Gasteiger partial charge in [-0.25, -0.2) is 4.79 Å².